The third-order valence-electron chi connectivity index (χ3n) is 3.39. The van der Waals surface area contributed by atoms with Crippen molar-refractivity contribution < 1.29 is 18.3 Å². The molecule has 0 aliphatic heterocycles. The normalized spacial score (nSPS) is 12.7. The highest BCUT2D eigenvalue weighted by Crippen LogP contribution is 2.27. The summed E-state index contributed by atoms with van der Waals surface area (Å²) in [6.07, 6.45) is 1.46. The monoisotopic (exact) mass is 350 g/mol. The number of hydrogen-bond acceptors (Lipinski definition) is 4. The Morgan fingerprint density at radius 3 is 2.13 bits per heavy atom. The van der Waals surface area contributed by atoms with Crippen molar-refractivity contribution in [2.45, 2.75) is 27.9 Å². The number of carboxylic acids is 1. The molecule has 0 fully saturated rings. The number of carbonyl (C=O) groups is 1. The van der Waals surface area contributed by atoms with E-state index < -0.39 is 21.1 Å². The Kier molecular flexibility index (Phi) is 5.85. The van der Waals surface area contributed by atoms with Crippen LogP contribution in [0.15, 0.2) is 64.4 Å². The molecule has 0 saturated carbocycles. The van der Waals surface area contributed by atoms with E-state index in [0.29, 0.717) is 6.42 Å². The lowest BCUT2D eigenvalue weighted by Gasteiger charge is -2.10. The van der Waals surface area contributed by atoms with Crippen LogP contribution in [0.25, 0.3) is 0 Å². The molecule has 0 bridgehead atoms. The number of aliphatic carboxylic acids is 1. The molecule has 0 aromatic heterocycles. The van der Waals surface area contributed by atoms with Gasteiger partial charge < -0.3 is 5.11 Å². The van der Waals surface area contributed by atoms with Crippen LogP contribution in [-0.4, -0.2) is 31.0 Å². The molecule has 23 heavy (non-hydrogen) atoms. The van der Waals surface area contributed by atoms with Crippen molar-refractivity contribution in [3.8, 4) is 0 Å². The molecular formula is C17H18O4S2. The maximum atomic E-state index is 11.5. The lowest BCUT2D eigenvalue weighted by Crippen LogP contribution is -2.29. The van der Waals surface area contributed by atoms with E-state index in [1.54, 1.807) is 11.8 Å². The molecule has 0 aliphatic carbocycles. The fraction of sp³-hybridized carbons (Fsp3) is 0.235. The first-order valence-corrected chi connectivity index (χ1v) is 9.87. The summed E-state index contributed by atoms with van der Waals surface area (Å²) in [7, 11) is -3.59. The zero-order chi connectivity index (χ0) is 16.9. The number of benzene rings is 2. The van der Waals surface area contributed by atoms with Crippen LogP contribution >= 0.6 is 11.8 Å². The van der Waals surface area contributed by atoms with E-state index >= 15 is 0 Å². The topological polar surface area (TPSA) is 71.4 Å². The van der Waals surface area contributed by atoms with Gasteiger partial charge in [-0.15, -0.1) is 0 Å². The largest absolute Gasteiger partial charge is 0.480 e. The van der Waals surface area contributed by atoms with Gasteiger partial charge in [0.25, 0.3) is 0 Å². The van der Waals surface area contributed by atoms with E-state index in [1.165, 1.54) is 0 Å². The van der Waals surface area contributed by atoms with Gasteiger partial charge in [0.15, 0.2) is 15.1 Å². The first-order chi connectivity index (χ1) is 10.9. The Morgan fingerprint density at radius 1 is 1.04 bits per heavy atom. The van der Waals surface area contributed by atoms with Gasteiger partial charge in [0, 0.05) is 16.0 Å². The number of sulfone groups is 1. The smallest absolute Gasteiger partial charge is 0.321 e. The highest BCUT2D eigenvalue weighted by atomic mass is 32.2. The highest BCUT2D eigenvalue weighted by Gasteiger charge is 2.27. The predicted octanol–water partition coefficient (Wildman–Crippen LogP) is 3.27. The van der Waals surface area contributed by atoms with Gasteiger partial charge in [0.05, 0.1) is 0 Å². The van der Waals surface area contributed by atoms with Gasteiger partial charge in [-0.2, -0.15) is 0 Å². The number of rotatable bonds is 7. The van der Waals surface area contributed by atoms with E-state index in [1.807, 2.05) is 54.6 Å². The molecule has 2 aromatic carbocycles. The molecule has 2 rings (SSSR count). The van der Waals surface area contributed by atoms with Gasteiger partial charge in [-0.25, -0.2) is 8.42 Å². The van der Waals surface area contributed by atoms with Crippen LogP contribution in [0.4, 0.5) is 0 Å². The quantitative estimate of drug-likeness (QED) is 0.830. The van der Waals surface area contributed by atoms with Crippen molar-refractivity contribution in [1.29, 1.82) is 0 Å². The second kappa shape index (κ2) is 7.66. The van der Waals surface area contributed by atoms with Crippen molar-refractivity contribution >= 4 is 27.6 Å². The summed E-state index contributed by atoms with van der Waals surface area (Å²) in [5.74, 6) is -1.29. The molecule has 4 nitrogen and oxygen atoms in total. The minimum absolute atomic E-state index is 0.0827. The van der Waals surface area contributed by atoms with Crippen molar-refractivity contribution in [2.24, 2.45) is 0 Å². The molecule has 1 atom stereocenters. The summed E-state index contributed by atoms with van der Waals surface area (Å²) in [5.41, 5.74) is 0.928. The molecule has 2 aromatic rings. The van der Waals surface area contributed by atoms with E-state index in [2.05, 4.69) is 0 Å². The van der Waals surface area contributed by atoms with Crippen molar-refractivity contribution in [1.82, 2.24) is 0 Å². The Balaban J connectivity index is 1.99. The van der Waals surface area contributed by atoms with Gasteiger partial charge >= 0.3 is 5.97 Å². The van der Waals surface area contributed by atoms with E-state index in [0.717, 1.165) is 21.6 Å². The Labute approximate surface area is 140 Å². The molecule has 0 radical (unpaired) electrons. The summed E-state index contributed by atoms with van der Waals surface area (Å²) >= 11 is 1.64. The van der Waals surface area contributed by atoms with E-state index in [-0.39, 0.29) is 6.42 Å². The molecular weight excluding hydrogens is 332 g/mol. The van der Waals surface area contributed by atoms with Crippen LogP contribution in [0.3, 0.4) is 0 Å². The summed E-state index contributed by atoms with van der Waals surface area (Å²) in [6.45, 7) is 0. The molecule has 0 aliphatic rings. The van der Waals surface area contributed by atoms with Crippen LogP contribution < -0.4 is 0 Å². The summed E-state index contributed by atoms with van der Waals surface area (Å²) in [4.78, 5) is 13.3. The fourth-order valence-corrected chi connectivity index (χ4v) is 3.92. The lowest BCUT2D eigenvalue weighted by atomic mass is 10.1. The molecule has 6 heteroatoms. The third-order valence-corrected chi connectivity index (χ3v) is 5.88. The van der Waals surface area contributed by atoms with Crippen LogP contribution in [-0.2, 0) is 21.1 Å². The molecule has 1 unspecified atom stereocenters. The van der Waals surface area contributed by atoms with Crippen molar-refractivity contribution in [2.75, 3.05) is 6.26 Å². The zero-order valence-electron chi connectivity index (χ0n) is 12.7. The summed E-state index contributed by atoms with van der Waals surface area (Å²) < 4.78 is 22.9. The predicted molar refractivity (Wildman–Crippen MR) is 91.6 cm³/mol. The van der Waals surface area contributed by atoms with Crippen LogP contribution in [0, 0.1) is 0 Å². The molecule has 122 valence electrons. The lowest BCUT2D eigenvalue weighted by molar-refractivity contribution is -0.136. The van der Waals surface area contributed by atoms with Crippen LogP contribution in [0.5, 0.6) is 0 Å². The van der Waals surface area contributed by atoms with Crippen molar-refractivity contribution in [3.05, 3.63) is 60.2 Å². The van der Waals surface area contributed by atoms with Crippen LogP contribution in [0.2, 0.25) is 0 Å². The zero-order valence-corrected chi connectivity index (χ0v) is 14.3. The molecule has 0 amide bonds. The van der Waals surface area contributed by atoms with Gasteiger partial charge in [-0.1, -0.05) is 42.1 Å². The van der Waals surface area contributed by atoms with Gasteiger partial charge in [-0.3, -0.25) is 4.79 Å². The third kappa shape index (κ3) is 5.41. The van der Waals surface area contributed by atoms with Crippen LogP contribution in [0.1, 0.15) is 12.0 Å². The Morgan fingerprint density at radius 2 is 1.61 bits per heavy atom. The second-order valence-corrected chi connectivity index (χ2v) is 8.63. The molecule has 0 saturated heterocycles. The number of hydrogen-bond donors (Lipinski definition) is 1. The molecule has 0 spiro atoms. The maximum absolute atomic E-state index is 11.5. The molecule has 0 heterocycles. The fourth-order valence-electron chi connectivity index (χ4n) is 2.17. The highest BCUT2D eigenvalue weighted by molar-refractivity contribution is 7.99. The first kappa shape index (κ1) is 17.6. The van der Waals surface area contributed by atoms with E-state index in [4.69, 9.17) is 5.11 Å². The minimum Gasteiger partial charge on any atom is -0.480 e. The first-order valence-electron chi connectivity index (χ1n) is 7.10. The average Bonchev–Trinajstić information content (AvgIpc) is 2.48. The minimum atomic E-state index is -3.59. The average molecular weight is 350 g/mol. The Bertz CT molecular complexity index is 753. The second-order valence-electron chi connectivity index (χ2n) is 5.25. The molecule has 1 N–H and O–H groups in total. The van der Waals surface area contributed by atoms with E-state index in [9.17, 15) is 13.2 Å². The van der Waals surface area contributed by atoms with Gasteiger partial charge in [0.2, 0.25) is 0 Å². The van der Waals surface area contributed by atoms with Gasteiger partial charge in [-0.05, 0) is 42.7 Å². The van der Waals surface area contributed by atoms with Crippen molar-refractivity contribution in [3.63, 3.8) is 0 Å². The van der Waals surface area contributed by atoms with Gasteiger partial charge in [0.1, 0.15) is 0 Å². The summed E-state index contributed by atoms with van der Waals surface area (Å²) in [6, 6.07) is 17.7. The maximum Gasteiger partial charge on any atom is 0.321 e. The SMILES string of the molecule is CS(=O)(=O)C(CCc1ccc(Sc2ccccc2)cc1)C(=O)O. The standard InChI is InChI=1S/C17H18O4S2/c1-23(20,21)16(17(18)19)12-9-13-7-10-15(11-8-13)22-14-5-3-2-4-6-14/h2-8,10-11,16H,9,12H2,1H3,(H,18,19). The Hall–Kier alpha value is -1.79. The number of carboxylic acid groups (broad SMARTS) is 1. The number of aryl methyl sites for hydroxylation is 1. The summed E-state index contributed by atoms with van der Waals surface area (Å²) in [5, 5.41) is 7.67.